The number of hydrogen-bond donors (Lipinski definition) is 3. The summed E-state index contributed by atoms with van der Waals surface area (Å²) in [4.78, 5) is 40.3. The molecule has 0 aromatic heterocycles. The van der Waals surface area contributed by atoms with Crippen molar-refractivity contribution in [1.29, 1.82) is 0 Å². The number of carbonyl (C=O) groups is 2. The first-order valence-corrected chi connectivity index (χ1v) is 23.8. The van der Waals surface area contributed by atoms with Crippen LogP contribution in [0.2, 0.25) is 10.0 Å². The van der Waals surface area contributed by atoms with Crippen LogP contribution in [-0.4, -0.2) is 82.6 Å². The molecule has 0 saturated carbocycles. The minimum atomic E-state index is -0.973. The van der Waals surface area contributed by atoms with E-state index in [0.29, 0.717) is 61.2 Å². The monoisotopic (exact) mass is 1010 g/mol. The molecule has 2 atom stereocenters. The molecule has 2 aliphatic rings. The summed E-state index contributed by atoms with van der Waals surface area (Å²) in [5, 5.41) is 30.1. The van der Waals surface area contributed by atoms with Crippen LogP contribution in [0.1, 0.15) is 106 Å². The second-order valence-corrected chi connectivity index (χ2v) is 17.1. The van der Waals surface area contributed by atoms with Gasteiger partial charge < -0.3 is 24.8 Å². The lowest BCUT2D eigenvalue weighted by Gasteiger charge is -2.18. The Bertz CT molecular complexity index is 2180. The van der Waals surface area contributed by atoms with Gasteiger partial charge in [0.2, 0.25) is 0 Å². The number of aryl methyl sites for hydroxylation is 2. The first-order chi connectivity index (χ1) is 30.9. The van der Waals surface area contributed by atoms with Gasteiger partial charge in [0.15, 0.2) is 10.3 Å². The van der Waals surface area contributed by atoms with Gasteiger partial charge in [0.05, 0.1) is 43.9 Å². The molecule has 0 bridgehead atoms. The summed E-state index contributed by atoms with van der Waals surface area (Å²) in [6.07, 6.45) is 4.51. The van der Waals surface area contributed by atoms with Crippen LogP contribution in [0.25, 0.3) is 12.2 Å². The number of anilines is 2. The molecule has 0 radical (unpaired) electrons. The van der Waals surface area contributed by atoms with Gasteiger partial charge in [0, 0.05) is 13.1 Å². The number of ether oxygens (including phenoxy) is 2. The van der Waals surface area contributed by atoms with Gasteiger partial charge in [0.1, 0.15) is 30.8 Å². The van der Waals surface area contributed by atoms with Gasteiger partial charge in [0.25, 0.3) is 11.8 Å². The van der Waals surface area contributed by atoms with Crippen molar-refractivity contribution in [1.82, 2.24) is 0 Å². The maximum Gasteiger partial charge on any atom is 0.271 e. The lowest BCUT2D eigenvalue weighted by Crippen LogP contribution is -2.29. The number of para-hydroxylation sites is 2. The van der Waals surface area contributed by atoms with Gasteiger partial charge in [-0.3, -0.25) is 29.4 Å². The number of amides is 2. The van der Waals surface area contributed by atoms with Crippen LogP contribution >= 0.6 is 46.7 Å². The average molecular weight is 1010 g/mol. The van der Waals surface area contributed by atoms with Crippen LogP contribution in [-0.2, 0) is 9.59 Å². The van der Waals surface area contributed by atoms with E-state index in [9.17, 15) is 19.8 Å². The highest BCUT2D eigenvalue weighted by Gasteiger charge is 2.36. The number of aliphatic hydroxyl groups is 3. The highest BCUT2D eigenvalue weighted by atomic mass is 35.5. The standard InChI is InChI=1S/C24H27ClN2O3S.C23H25ClN2O4S.C2H6.4CH4/c1-4-12-26-24-27(20-9-7-6-8-16(20)3)23(29)22(31-24)14-17-10-11-21(19(25)13-17)30-15-18(28)5-2;1-3-10-25-23-26(19-7-5-4-6-15(19)2)22(29)21(31-23)12-16-8-9-20(18(24)11-16)30-14-17(28)13-27;1-2;;;;/h6-11,13-14,18,28H,4-5,12,15H2,1-3H3;4-9,11-12,17,27-28H,3,10,13-14H2,1-2H3;1-2H3;4*1H4/b22-14-,26-24?;21-12-,25-23?;;;;;/t18-;17-;;;;;/m11...../s1. The van der Waals surface area contributed by atoms with Crippen molar-refractivity contribution in [3.63, 3.8) is 0 Å². The minimum absolute atomic E-state index is 0. The van der Waals surface area contributed by atoms with Crippen LogP contribution < -0.4 is 19.3 Å². The van der Waals surface area contributed by atoms with E-state index in [1.165, 1.54) is 23.5 Å². The lowest BCUT2D eigenvalue weighted by molar-refractivity contribution is -0.114. The minimum Gasteiger partial charge on any atom is -0.489 e. The maximum absolute atomic E-state index is 13.3. The van der Waals surface area contributed by atoms with Crippen molar-refractivity contribution in [2.45, 2.75) is 110 Å². The van der Waals surface area contributed by atoms with Gasteiger partial charge in [-0.1, -0.05) is 136 Å². The average Bonchev–Trinajstić information content (AvgIpc) is 3.77. The van der Waals surface area contributed by atoms with E-state index in [-0.39, 0.29) is 61.3 Å². The topological polar surface area (TPSA) is 144 Å². The molecule has 0 unspecified atom stereocenters. The normalized spacial score (nSPS) is 16.1. The number of aliphatic imine (C=N–C) groups is 2. The van der Waals surface area contributed by atoms with E-state index in [1.54, 1.807) is 46.2 Å². The Hall–Kier alpha value is -4.60. The molecular formula is C53H74Cl2N4O7S2. The predicted octanol–water partition coefficient (Wildman–Crippen LogP) is 13.5. The zero-order valence-corrected chi connectivity index (χ0v) is 40.5. The Kier molecular flexibility index (Phi) is 30.1. The van der Waals surface area contributed by atoms with Crippen LogP contribution in [0.3, 0.4) is 0 Å². The molecule has 2 saturated heterocycles. The predicted molar refractivity (Wildman–Crippen MR) is 295 cm³/mol. The Morgan fingerprint density at radius 1 is 0.632 bits per heavy atom. The summed E-state index contributed by atoms with van der Waals surface area (Å²) < 4.78 is 11.0. The van der Waals surface area contributed by atoms with E-state index in [0.717, 1.165) is 46.5 Å². The zero-order chi connectivity index (χ0) is 46.8. The summed E-state index contributed by atoms with van der Waals surface area (Å²) >= 11 is 15.4. The summed E-state index contributed by atoms with van der Waals surface area (Å²) in [6.45, 7) is 15.0. The molecule has 0 spiro atoms. The van der Waals surface area contributed by atoms with Crippen LogP contribution in [0.15, 0.2) is 105 Å². The van der Waals surface area contributed by atoms with E-state index in [4.69, 9.17) is 37.8 Å². The quantitative estimate of drug-likeness (QED) is 0.0934. The third-order valence-electron chi connectivity index (χ3n) is 9.32. The van der Waals surface area contributed by atoms with Crippen molar-refractivity contribution < 1.29 is 34.4 Å². The number of thioether (sulfide) groups is 2. The van der Waals surface area contributed by atoms with Crippen molar-refractivity contribution in [3.8, 4) is 11.5 Å². The van der Waals surface area contributed by atoms with Gasteiger partial charge in [-0.15, -0.1) is 0 Å². The number of hydrogen-bond acceptors (Lipinski definition) is 11. The second kappa shape index (κ2) is 32.3. The van der Waals surface area contributed by atoms with Crippen molar-refractivity contribution in [2.75, 3.05) is 42.7 Å². The van der Waals surface area contributed by atoms with Crippen molar-refractivity contribution in [3.05, 3.63) is 127 Å². The Balaban J connectivity index is 0.00000121. The maximum atomic E-state index is 13.3. The SMILES string of the molecule is C.C.C.C.CC.CCCN=C1S/C(=C\c2ccc(OC[C@H](O)CC)c(Cl)c2)C(=O)N1c1ccccc1C.CCCN=C1S/C(=C\c2ccc(OC[C@H](O)CO)c(Cl)c2)C(=O)N1c1ccccc1C. The first-order valence-electron chi connectivity index (χ1n) is 21.4. The number of benzene rings is 4. The fourth-order valence-electron chi connectivity index (χ4n) is 5.92. The molecule has 374 valence electrons. The molecule has 68 heavy (non-hydrogen) atoms. The van der Waals surface area contributed by atoms with E-state index in [1.807, 2.05) is 102 Å². The molecule has 4 aromatic rings. The third kappa shape index (κ3) is 17.4. The number of amidine groups is 2. The zero-order valence-electron chi connectivity index (χ0n) is 37.4. The molecule has 6 rings (SSSR count). The van der Waals surface area contributed by atoms with Crippen molar-refractivity contribution in [2.24, 2.45) is 9.98 Å². The molecule has 2 heterocycles. The molecule has 2 aliphatic heterocycles. The number of rotatable bonds is 16. The molecule has 0 aliphatic carbocycles. The Labute approximate surface area is 425 Å². The lowest BCUT2D eigenvalue weighted by atomic mass is 10.1. The highest BCUT2D eigenvalue weighted by molar-refractivity contribution is 8.19. The molecule has 3 N–H and O–H groups in total. The van der Waals surface area contributed by atoms with Gasteiger partial charge >= 0.3 is 0 Å². The Morgan fingerprint density at radius 3 is 1.35 bits per heavy atom. The van der Waals surface area contributed by atoms with Gasteiger partial charge in [-0.2, -0.15) is 0 Å². The summed E-state index contributed by atoms with van der Waals surface area (Å²) in [5.41, 5.74) is 5.22. The third-order valence-corrected chi connectivity index (χ3v) is 11.9. The number of halogens is 2. The molecule has 2 fully saturated rings. The first kappa shape index (κ1) is 63.4. The summed E-state index contributed by atoms with van der Waals surface area (Å²) in [6, 6.07) is 26.1. The molecule has 11 nitrogen and oxygen atoms in total. The van der Waals surface area contributed by atoms with Crippen LogP contribution in [0, 0.1) is 13.8 Å². The number of carbonyl (C=O) groups excluding carboxylic acids is 2. The Morgan fingerprint density at radius 2 is 1.01 bits per heavy atom. The molecule has 2 amide bonds. The smallest absolute Gasteiger partial charge is 0.271 e. The van der Waals surface area contributed by atoms with Gasteiger partial charge in [-0.05, 0) is 127 Å². The van der Waals surface area contributed by atoms with Crippen molar-refractivity contribution >= 4 is 92.4 Å². The molecule has 4 aromatic carbocycles. The van der Waals surface area contributed by atoms with Crippen LogP contribution in [0.4, 0.5) is 11.4 Å². The van der Waals surface area contributed by atoms with E-state index >= 15 is 0 Å². The summed E-state index contributed by atoms with van der Waals surface area (Å²) in [5.74, 6) is 0.676. The number of nitrogens with zero attached hydrogens (tertiary/aromatic N) is 4. The fourth-order valence-corrected chi connectivity index (χ4v) is 8.40. The second-order valence-electron chi connectivity index (χ2n) is 14.3. The van der Waals surface area contributed by atoms with Gasteiger partial charge in [-0.25, -0.2) is 0 Å². The van der Waals surface area contributed by atoms with E-state index < -0.39 is 12.2 Å². The largest absolute Gasteiger partial charge is 0.489 e. The fraction of sp³-hybridized carbons (Fsp3) is 0.396. The van der Waals surface area contributed by atoms with Crippen LogP contribution in [0.5, 0.6) is 11.5 Å². The number of aliphatic hydroxyl groups excluding tert-OH is 3. The molecular weight excluding hydrogens is 940 g/mol. The van der Waals surface area contributed by atoms with E-state index in [2.05, 4.69) is 16.9 Å². The highest BCUT2D eigenvalue weighted by Crippen LogP contribution is 2.40. The summed E-state index contributed by atoms with van der Waals surface area (Å²) in [7, 11) is 0. The molecule has 15 heteroatoms.